The number of hydrogen-bond acceptors (Lipinski definition) is 4. The Bertz CT molecular complexity index is 253. The lowest BCUT2D eigenvalue weighted by Gasteiger charge is -2.26. The zero-order chi connectivity index (χ0) is 16.5. The largest absolute Gasteiger partial charge is 0.391 e. The second kappa shape index (κ2) is 10.5. The van der Waals surface area contributed by atoms with Crippen molar-refractivity contribution < 1.29 is 19.7 Å². The fourth-order valence-corrected chi connectivity index (χ4v) is 2.15. The van der Waals surface area contributed by atoms with Gasteiger partial charge in [0.05, 0.1) is 38.1 Å². The van der Waals surface area contributed by atoms with Crippen LogP contribution in [0.3, 0.4) is 0 Å². The van der Waals surface area contributed by atoms with Crippen molar-refractivity contribution >= 4 is 0 Å². The van der Waals surface area contributed by atoms with Gasteiger partial charge in [0.25, 0.3) is 0 Å². The van der Waals surface area contributed by atoms with Gasteiger partial charge in [-0.3, -0.25) is 0 Å². The molecule has 2 N–H and O–H groups in total. The lowest BCUT2D eigenvalue weighted by atomic mass is 9.84. The first-order valence-corrected chi connectivity index (χ1v) is 8.21. The molecule has 0 saturated heterocycles. The standard InChI is InChI=1S/C17H36O4/c1-7-17(5,6)9-16(19)11-20-10-14(4)21-12-15(18)8-13(2)3/h13-16,18-19H,7-12H2,1-6H3. The molecule has 3 atom stereocenters. The predicted octanol–water partition coefficient (Wildman–Crippen LogP) is 3.00. The smallest absolute Gasteiger partial charge is 0.0781 e. The minimum absolute atomic E-state index is 0.0711. The molecule has 0 rings (SSSR count). The van der Waals surface area contributed by atoms with Crippen molar-refractivity contribution in [3.63, 3.8) is 0 Å². The average Bonchev–Trinajstić information content (AvgIpc) is 2.35. The van der Waals surface area contributed by atoms with Crippen molar-refractivity contribution in [3.8, 4) is 0 Å². The summed E-state index contributed by atoms with van der Waals surface area (Å²) in [6, 6.07) is 0. The quantitative estimate of drug-likeness (QED) is 0.582. The molecule has 128 valence electrons. The van der Waals surface area contributed by atoms with Crippen LogP contribution < -0.4 is 0 Å². The van der Waals surface area contributed by atoms with Gasteiger partial charge in [0.2, 0.25) is 0 Å². The van der Waals surface area contributed by atoms with E-state index in [9.17, 15) is 10.2 Å². The Labute approximate surface area is 130 Å². The third-order valence-electron chi connectivity index (χ3n) is 3.72. The van der Waals surface area contributed by atoms with Gasteiger partial charge < -0.3 is 19.7 Å². The van der Waals surface area contributed by atoms with Crippen molar-refractivity contribution in [2.75, 3.05) is 19.8 Å². The van der Waals surface area contributed by atoms with Crippen LogP contribution >= 0.6 is 0 Å². The van der Waals surface area contributed by atoms with E-state index < -0.39 is 12.2 Å². The van der Waals surface area contributed by atoms with E-state index >= 15 is 0 Å². The molecule has 0 aromatic rings. The van der Waals surface area contributed by atoms with E-state index in [-0.39, 0.29) is 11.5 Å². The summed E-state index contributed by atoms with van der Waals surface area (Å²) >= 11 is 0. The molecule has 0 spiro atoms. The highest BCUT2D eigenvalue weighted by Gasteiger charge is 2.20. The second-order valence-electron chi connectivity index (χ2n) is 7.34. The molecule has 0 saturated carbocycles. The van der Waals surface area contributed by atoms with Crippen LogP contribution in [-0.4, -0.2) is 48.3 Å². The normalized spacial score (nSPS) is 17.0. The molecule has 21 heavy (non-hydrogen) atoms. The van der Waals surface area contributed by atoms with Gasteiger partial charge in [0.1, 0.15) is 0 Å². The van der Waals surface area contributed by atoms with Crippen LogP contribution in [0.2, 0.25) is 0 Å². The highest BCUT2D eigenvalue weighted by Crippen LogP contribution is 2.26. The molecular formula is C17H36O4. The van der Waals surface area contributed by atoms with E-state index in [0.29, 0.717) is 25.7 Å². The molecule has 0 fully saturated rings. The Kier molecular flexibility index (Phi) is 10.5. The number of ether oxygens (including phenoxy) is 2. The van der Waals surface area contributed by atoms with Crippen molar-refractivity contribution in [1.82, 2.24) is 0 Å². The molecule has 0 amide bonds. The van der Waals surface area contributed by atoms with Crippen molar-refractivity contribution in [3.05, 3.63) is 0 Å². The molecule has 0 aliphatic carbocycles. The third kappa shape index (κ3) is 12.1. The Hall–Kier alpha value is -0.160. The Morgan fingerprint density at radius 1 is 0.952 bits per heavy atom. The summed E-state index contributed by atoms with van der Waals surface area (Å²) in [4.78, 5) is 0. The zero-order valence-electron chi connectivity index (χ0n) is 14.8. The van der Waals surface area contributed by atoms with Gasteiger partial charge in [-0.15, -0.1) is 0 Å². The SMILES string of the molecule is CCC(C)(C)CC(O)COCC(C)OCC(O)CC(C)C. The topological polar surface area (TPSA) is 58.9 Å². The van der Waals surface area contributed by atoms with Crippen LogP contribution in [0.15, 0.2) is 0 Å². The van der Waals surface area contributed by atoms with Crippen molar-refractivity contribution in [1.29, 1.82) is 0 Å². The van der Waals surface area contributed by atoms with Crippen LogP contribution in [0.25, 0.3) is 0 Å². The summed E-state index contributed by atoms with van der Waals surface area (Å²) in [5.41, 5.74) is 0.145. The minimum Gasteiger partial charge on any atom is -0.391 e. The molecular weight excluding hydrogens is 268 g/mol. The van der Waals surface area contributed by atoms with E-state index in [1.807, 2.05) is 6.92 Å². The number of aliphatic hydroxyl groups is 2. The van der Waals surface area contributed by atoms with Gasteiger partial charge in [-0.1, -0.05) is 41.0 Å². The molecule has 0 aromatic carbocycles. The number of rotatable bonds is 12. The maximum absolute atomic E-state index is 9.94. The third-order valence-corrected chi connectivity index (χ3v) is 3.72. The Balaban J connectivity index is 3.72. The highest BCUT2D eigenvalue weighted by atomic mass is 16.5. The highest BCUT2D eigenvalue weighted by molar-refractivity contribution is 4.71. The first-order valence-electron chi connectivity index (χ1n) is 8.21. The van der Waals surface area contributed by atoms with Crippen LogP contribution in [-0.2, 0) is 9.47 Å². The van der Waals surface area contributed by atoms with Crippen molar-refractivity contribution in [2.24, 2.45) is 11.3 Å². The van der Waals surface area contributed by atoms with Gasteiger partial charge in [-0.05, 0) is 31.1 Å². The van der Waals surface area contributed by atoms with Gasteiger partial charge in [-0.25, -0.2) is 0 Å². The first kappa shape index (κ1) is 20.8. The van der Waals surface area contributed by atoms with Crippen molar-refractivity contribution in [2.45, 2.75) is 79.1 Å². The van der Waals surface area contributed by atoms with Crippen LogP contribution in [0.1, 0.15) is 60.8 Å². The van der Waals surface area contributed by atoms with Crippen LogP contribution in [0.4, 0.5) is 0 Å². The van der Waals surface area contributed by atoms with Gasteiger partial charge in [-0.2, -0.15) is 0 Å². The van der Waals surface area contributed by atoms with Crippen LogP contribution in [0, 0.1) is 11.3 Å². The molecule has 0 aromatic heterocycles. The summed E-state index contributed by atoms with van der Waals surface area (Å²) in [6.45, 7) is 13.6. The monoisotopic (exact) mass is 304 g/mol. The summed E-state index contributed by atoms with van der Waals surface area (Å²) in [5.74, 6) is 0.465. The fraction of sp³-hybridized carbons (Fsp3) is 1.00. The lowest BCUT2D eigenvalue weighted by Crippen LogP contribution is -2.28. The van der Waals surface area contributed by atoms with E-state index in [1.54, 1.807) is 0 Å². The molecule has 0 radical (unpaired) electrons. The first-order chi connectivity index (χ1) is 9.66. The van der Waals surface area contributed by atoms with Crippen LogP contribution in [0.5, 0.6) is 0 Å². The summed E-state index contributed by atoms with van der Waals surface area (Å²) < 4.78 is 11.1. The summed E-state index contributed by atoms with van der Waals surface area (Å²) in [5, 5.41) is 19.7. The Morgan fingerprint density at radius 3 is 2.10 bits per heavy atom. The molecule has 4 heteroatoms. The Morgan fingerprint density at radius 2 is 1.57 bits per heavy atom. The van der Waals surface area contributed by atoms with E-state index in [4.69, 9.17) is 9.47 Å². The second-order valence-corrected chi connectivity index (χ2v) is 7.34. The molecule has 4 nitrogen and oxygen atoms in total. The van der Waals surface area contributed by atoms with Gasteiger partial charge in [0.15, 0.2) is 0 Å². The lowest BCUT2D eigenvalue weighted by molar-refractivity contribution is -0.0612. The molecule has 3 unspecified atom stereocenters. The zero-order valence-corrected chi connectivity index (χ0v) is 14.8. The average molecular weight is 304 g/mol. The summed E-state index contributed by atoms with van der Waals surface area (Å²) in [7, 11) is 0. The molecule has 0 aliphatic heterocycles. The fourth-order valence-electron chi connectivity index (χ4n) is 2.15. The van der Waals surface area contributed by atoms with E-state index in [2.05, 4.69) is 34.6 Å². The predicted molar refractivity (Wildman–Crippen MR) is 86.4 cm³/mol. The van der Waals surface area contributed by atoms with E-state index in [1.165, 1.54) is 0 Å². The molecule has 0 heterocycles. The maximum atomic E-state index is 9.94. The molecule has 0 aliphatic rings. The maximum Gasteiger partial charge on any atom is 0.0781 e. The van der Waals surface area contributed by atoms with Gasteiger partial charge in [0, 0.05) is 0 Å². The van der Waals surface area contributed by atoms with E-state index in [0.717, 1.165) is 19.3 Å². The minimum atomic E-state index is -0.432. The molecule has 0 bridgehead atoms. The number of aliphatic hydroxyl groups excluding tert-OH is 2. The number of hydrogen-bond donors (Lipinski definition) is 2. The van der Waals surface area contributed by atoms with Gasteiger partial charge >= 0.3 is 0 Å². The summed E-state index contributed by atoms with van der Waals surface area (Å²) in [6.07, 6.45) is 1.61.